The Balaban J connectivity index is 1.99. The molecular weight excluding hydrogens is 198 g/mol. The fraction of sp³-hybridized carbons (Fsp3) is 0.500. The summed E-state index contributed by atoms with van der Waals surface area (Å²) in [5.41, 5.74) is 2.83. The molecule has 0 aliphatic carbocycles. The van der Waals surface area contributed by atoms with Crippen molar-refractivity contribution in [3.63, 3.8) is 0 Å². The lowest BCUT2D eigenvalue weighted by atomic mass is 10.0. The Labute approximate surface area is 97.3 Å². The van der Waals surface area contributed by atoms with Crippen LogP contribution in [0.4, 0.5) is 5.69 Å². The molecular formula is C14H19NO. The summed E-state index contributed by atoms with van der Waals surface area (Å²) in [6.45, 7) is 3.82. The van der Waals surface area contributed by atoms with E-state index >= 15 is 0 Å². The van der Waals surface area contributed by atoms with Gasteiger partial charge in [-0.2, -0.15) is 0 Å². The number of nitrogens with zero attached hydrogens (tertiary/aromatic N) is 1. The summed E-state index contributed by atoms with van der Waals surface area (Å²) in [5, 5.41) is 0. The quantitative estimate of drug-likeness (QED) is 0.773. The first kappa shape index (κ1) is 11.2. The average molecular weight is 217 g/mol. The minimum Gasteiger partial charge on any atom is -0.371 e. The molecule has 0 saturated heterocycles. The lowest BCUT2D eigenvalue weighted by Gasteiger charge is -2.31. The number of rotatable bonds is 4. The molecule has 16 heavy (non-hydrogen) atoms. The van der Waals surface area contributed by atoms with Gasteiger partial charge in [-0.25, -0.2) is 0 Å². The van der Waals surface area contributed by atoms with E-state index in [4.69, 9.17) is 0 Å². The van der Waals surface area contributed by atoms with Gasteiger partial charge in [-0.3, -0.25) is 0 Å². The Bertz CT molecular complexity index is 373. The minimum absolute atomic E-state index is 0.297. The maximum atomic E-state index is 10.9. The number of hydrogen-bond donors (Lipinski definition) is 0. The molecule has 0 N–H and O–H groups in total. The highest BCUT2D eigenvalue weighted by molar-refractivity contribution is 5.75. The van der Waals surface area contributed by atoms with E-state index in [1.165, 1.54) is 24.1 Å². The second kappa shape index (κ2) is 5.15. The van der Waals surface area contributed by atoms with Gasteiger partial charge >= 0.3 is 0 Å². The third-order valence-corrected chi connectivity index (χ3v) is 3.16. The van der Waals surface area contributed by atoms with E-state index in [0.29, 0.717) is 12.2 Å². The molecule has 2 heteroatoms. The molecule has 0 spiro atoms. The molecule has 1 aliphatic rings. The summed E-state index contributed by atoms with van der Waals surface area (Å²) in [7, 11) is 0. The van der Waals surface area contributed by atoms with Crippen molar-refractivity contribution in [1.29, 1.82) is 0 Å². The number of hydrogen-bond acceptors (Lipinski definition) is 2. The zero-order valence-electron chi connectivity index (χ0n) is 9.91. The SMILES string of the molecule is CC(=O)CCCN1CCCc2ccccc21. The van der Waals surface area contributed by atoms with Gasteiger partial charge in [-0.05, 0) is 37.8 Å². The first-order valence-corrected chi connectivity index (χ1v) is 6.09. The van der Waals surface area contributed by atoms with Crippen LogP contribution in [0.25, 0.3) is 0 Å². The largest absolute Gasteiger partial charge is 0.371 e. The van der Waals surface area contributed by atoms with Crippen LogP contribution in [-0.2, 0) is 11.2 Å². The van der Waals surface area contributed by atoms with E-state index in [1.54, 1.807) is 6.92 Å². The highest BCUT2D eigenvalue weighted by Gasteiger charge is 2.15. The van der Waals surface area contributed by atoms with Crippen LogP contribution in [0.3, 0.4) is 0 Å². The van der Waals surface area contributed by atoms with Crippen molar-refractivity contribution < 1.29 is 4.79 Å². The van der Waals surface area contributed by atoms with E-state index < -0.39 is 0 Å². The molecule has 0 unspecified atom stereocenters. The van der Waals surface area contributed by atoms with Gasteiger partial charge in [0.1, 0.15) is 5.78 Å². The normalized spacial score (nSPS) is 14.7. The van der Waals surface area contributed by atoms with Crippen molar-refractivity contribution in [2.24, 2.45) is 0 Å². The molecule has 1 aromatic rings. The lowest BCUT2D eigenvalue weighted by molar-refractivity contribution is -0.117. The predicted octanol–water partition coefficient (Wildman–Crippen LogP) is 2.81. The number of ketones is 1. The lowest BCUT2D eigenvalue weighted by Crippen LogP contribution is -2.30. The third kappa shape index (κ3) is 2.63. The average Bonchev–Trinajstić information content (AvgIpc) is 2.29. The number of carbonyl (C=O) groups excluding carboxylic acids is 1. The van der Waals surface area contributed by atoms with Crippen LogP contribution in [0.15, 0.2) is 24.3 Å². The van der Waals surface area contributed by atoms with Gasteiger partial charge < -0.3 is 9.69 Å². The molecule has 0 fully saturated rings. The van der Waals surface area contributed by atoms with Gasteiger partial charge in [0.05, 0.1) is 0 Å². The van der Waals surface area contributed by atoms with Crippen LogP contribution < -0.4 is 4.90 Å². The van der Waals surface area contributed by atoms with Crippen molar-refractivity contribution in [2.75, 3.05) is 18.0 Å². The van der Waals surface area contributed by atoms with Gasteiger partial charge in [0.2, 0.25) is 0 Å². The second-order valence-corrected chi connectivity index (χ2v) is 4.52. The highest BCUT2D eigenvalue weighted by Crippen LogP contribution is 2.26. The zero-order chi connectivity index (χ0) is 11.4. The number of carbonyl (C=O) groups is 1. The summed E-state index contributed by atoms with van der Waals surface area (Å²) >= 11 is 0. The molecule has 0 aromatic heterocycles. The van der Waals surface area contributed by atoms with Crippen molar-refractivity contribution >= 4 is 11.5 Å². The second-order valence-electron chi connectivity index (χ2n) is 4.52. The molecule has 1 aliphatic heterocycles. The number of benzene rings is 1. The van der Waals surface area contributed by atoms with Crippen LogP contribution >= 0.6 is 0 Å². The molecule has 0 bridgehead atoms. The molecule has 0 amide bonds. The van der Waals surface area contributed by atoms with Crippen LogP contribution in [0.1, 0.15) is 31.7 Å². The fourth-order valence-corrected chi connectivity index (χ4v) is 2.36. The Hall–Kier alpha value is -1.31. The van der Waals surface area contributed by atoms with Gasteiger partial charge in [-0.15, -0.1) is 0 Å². The standard InChI is InChI=1S/C14H19NO/c1-12(16)6-4-10-15-11-5-8-13-7-2-3-9-14(13)15/h2-3,7,9H,4-6,8,10-11H2,1H3. The summed E-state index contributed by atoms with van der Waals surface area (Å²) in [6, 6.07) is 8.62. The van der Waals surface area contributed by atoms with E-state index in [9.17, 15) is 4.79 Å². The molecule has 2 rings (SSSR count). The van der Waals surface area contributed by atoms with Crippen LogP contribution in [-0.4, -0.2) is 18.9 Å². The number of para-hydroxylation sites is 1. The van der Waals surface area contributed by atoms with Crippen molar-refractivity contribution in [3.8, 4) is 0 Å². The maximum absolute atomic E-state index is 10.9. The van der Waals surface area contributed by atoms with Gasteiger partial charge in [0.25, 0.3) is 0 Å². The number of anilines is 1. The molecule has 0 atom stereocenters. The van der Waals surface area contributed by atoms with Crippen LogP contribution in [0.2, 0.25) is 0 Å². The van der Waals surface area contributed by atoms with E-state index in [1.807, 2.05) is 0 Å². The fourth-order valence-electron chi connectivity index (χ4n) is 2.36. The van der Waals surface area contributed by atoms with Gasteiger partial charge in [0, 0.05) is 25.2 Å². The molecule has 1 heterocycles. The van der Waals surface area contributed by atoms with Crippen molar-refractivity contribution in [3.05, 3.63) is 29.8 Å². The van der Waals surface area contributed by atoms with Crippen LogP contribution in [0, 0.1) is 0 Å². The first-order valence-electron chi connectivity index (χ1n) is 6.09. The van der Waals surface area contributed by atoms with Crippen LogP contribution in [0.5, 0.6) is 0 Å². The van der Waals surface area contributed by atoms with Gasteiger partial charge in [0.15, 0.2) is 0 Å². The zero-order valence-corrected chi connectivity index (χ0v) is 9.91. The summed E-state index contributed by atoms with van der Waals surface area (Å²) < 4.78 is 0. The van der Waals surface area contributed by atoms with Crippen molar-refractivity contribution in [2.45, 2.75) is 32.6 Å². The van der Waals surface area contributed by atoms with Gasteiger partial charge in [-0.1, -0.05) is 18.2 Å². The highest BCUT2D eigenvalue weighted by atomic mass is 16.1. The maximum Gasteiger partial charge on any atom is 0.129 e. The van der Waals surface area contributed by atoms with Crippen molar-refractivity contribution in [1.82, 2.24) is 0 Å². The topological polar surface area (TPSA) is 20.3 Å². The minimum atomic E-state index is 0.297. The Morgan fingerprint density at radius 1 is 1.38 bits per heavy atom. The Morgan fingerprint density at radius 3 is 3.00 bits per heavy atom. The molecule has 2 nitrogen and oxygen atoms in total. The summed E-state index contributed by atoms with van der Waals surface area (Å²) in [6.07, 6.45) is 4.11. The molecule has 0 saturated carbocycles. The molecule has 0 radical (unpaired) electrons. The summed E-state index contributed by atoms with van der Waals surface area (Å²) in [4.78, 5) is 13.3. The first-order chi connectivity index (χ1) is 7.77. The monoisotopic (exact) mass is 217 g/mol. The number of aryl methyl sites for hydroxylation is 1. The summed E-state index contributed by atoms with van der Waals surface area (Å²) in [5.74, 6) is 0.297. The van der Waals surface area contributed by atoms with E-state index in [-0.39, 0.29) is 0 Å². The van der Waals surface area contributed by atoms with E-state index in [2.05, 4.69) is 29.2 Å². The predicted molar refractivity (Wildman–Crippen MR) is 66.9 cm³/mol. The number of Topliss-reactive ketones (excluding diaryl/α,β-unsaturated/α-hetero) is 1. The third-order valence-electron chi connectivity index (χ3n) is 3.16. The van der Waals surface area contributed by atoms with E-state index in [0.717, 1.165) is 19.5 Å². The molecule has 86 valence electrons. The Kier molecular flexibility index (Phi) is 3.60. The number of fused-ring (bicyclic) bond motifs is 1. The smallest absolute Gasteiger partial charge is 0.129 e. The Morgan fingerprint density at radius 2 is 2.19 bits per heavy atom. The molecule has 1 aromatic carbocycles.